The van der Waals surface area contributed by atoms with Gasteiger partial charge in [-0.15, -0.1) is 0 Å². The minimum Gasteiger partial charge on any atom is -0.394 e. The van der Waals surface area contributed by atoms with Gasteiger partial charge in [-0.2, -0.15) is 0 Å². The van der Waals surface area contributed by atoms with Crippen molar-refractivity contribution in [2.75, 3.05) is 6.61 Å². The summed E-state index contributed by atoms with van der Waals surface area (Å²) in [7, 11) is 0. The molecule has 2 saturated carbocycles. The molecule has 0 aliphatic heterocycles. The SMILES string of the molecule is CC(CO)(NC(=O)C1C(C)(C)C1(C)C)C1CC1. The van der Waals surface area contributed by atoms with Crippen LogP contribution in [-0.2, 0) is 4.79 Å². The molecule has 3 nitrogen and oxygen atoms in total. The van der Waals surface area contributed by atoms with Gasteiger partial charge in [0.25, 0.3) is 0 Å². The zero-order chi connectivity index (χ0) is 13.1. The molecule has 2 rings (SSSR count). The third-order valence-electron chi connectivity index (χ3n) is 5.50. The fourth-order valence-electron chi connectivity index (χ4n) is 3.20. The van der Waals surface area contributed by atoms with Gasteiger partial charge < -0.3 is 10.4 Å². The highest BCUT2D eigenvalue weighted by molar-refractivity contribution is 5.84. The normalized spacial score (nSPS) is 29.5. The number of amides is 1. The first-order valence-corrected chi connectivity index (χ1v) is 6.60. The predicted octanol–water partition coefficient (Wildman–Crippen LogP) is 1.95. The van der Waals surface area contributed by atoms with Crippen LogP contribution in [0.3, 0.4) is 0 Å². The molecular formula is C14H25NO2. The summed E-state index contributed by atoms with van der Waals surface area (Å²) in [5.74, 6) is 0.643. The van der Waals surface area contributed by atoms with E-state index in [0.717, 1.165) is 12.8 Å². The molecule has 0 spiro atoms. The zero-order valence-corrected chi connectivity index (χ0v) is 11.6. The molecule has 0 aromatic carbocycles. The first kappa shape index (κ1) is 12.9. The number of aliphatic hydroxyl groups is 1. The summed E-state index contributed by atoms with van der Waals surface area (Å²) < 4.78 is 0. The van der Waals surface area contributed by atoms with Crippen molar-refractivity contribution in [2.24, 2.45) is 22.7 Å². The lowest BCUT2D eigenvalue weighted by molar-refractivity contribution is -0.126. The molecule has 0 saturated heterocycles. The maximum Gasteiger partial charge on any atom is 0.224 e. The molecule has 2 aliphatic carbocycles. The Morgan fingerprint density at radius 3 is 2.06 bits per heavy atom. The van der Waals surface area contributed by atoms with Crippen molar-refractivity contribution in [3.8, 4) is 0 Å². The van der Waals surface area contributed by atoms with Gasteiger partial charge in [-0.25, -0.2) is 0 Å². The molecule has 98 valence electrons. The number of hydrogen-bond acceptors (Lipinski definition) is 2. The van der Waals surface area contributed by atoms with Gasteiger partial charge in [0, 0.05) is 5.92 Å². The molecule has 2 aliphatic rings. The van der Waals surface area contributed by atoms with Gasteiger partial charge in [-0.3, -0.25) is 4.79 Å². The summed E-state index contributed by atoms with van der Waals surface area (Å²) in [5.41, 5.74) is -0.278. The van der Waals surface area contributed by atoms with E-state index < -0.39 is 5.54 Å². The topological polar surface area (TPSA) is 49.3 Å². The lowest BCUT2D eigenvalue weighted by Crippen LogP contribution is -2.51. The van der Waals surface area contributed by atoms with Crippen molar-refractivity contribution >= 4 is 5.91 Å². The predicted molar refractivity (Wildman–Crippen MR) is 67.4 cm³/mol. The van der Waals surface area contributed by atoms with Crippen LogP contribution in [0.2, 0.25) is 0 Å². The maximum atomic E-state index is 12.3. The zero-order valence-electron chi connectivity index (χ0n) is 11.6. The fourth-order valence-corrected chi connectivity index (χ4v) is 3.20. The minimum absolute atomic E-state index is 0.0387. The third kappa shape index (κ3) is 1.79. The van der Waals surface area contributed by atoms with E-state index >= 15 is 0 Å². The van der Waals surface area contributed by atoms with Crippen molar-refractivity contribution in [2.45, 2.75) is 53.0 Å². The average Bonchev–Trinajstić information content (AvgIpc) is 3.04. The molecule has 0 aromatic rings. The third-order valence-corrected chi connectivity index (χ3v) is 5.50. The summed E-state index contributed by atoms with van der Waals surface area (Å²) in [6.45, 7) is 10.6. The minimum atomic E-state index is -0.411. The second kappa shape index (κ2) is 3.47. The summed E-state index contributed by atoms with van der Waals surface area (Å²) >= 11 is 0. The number of rotatable bonds is 4. The van der Waals surface area contributed by atoms with Crippen LogP contribution in [0.25, 0.3) is 0 Å². The first-order chi connectivity index (χ1) is 7.67. The summed E-state index contributed by atoms with van der Waals surface area (Å²) in [5, 5.41) is 12.6. The molecule has 1 unspecified atom stereocenters. The van der Waals surface area contributed by atoms with Crippen LogP contribution in [0.1, 0.15) is 47.5 Å². The number of aliphatic hydroxyl groups excluding tert-OH is 1. The van der Waals surface area contributed by atoms with Crippen LogP contribution < -0.4 is 5.32 Å². The van der Waals surface area contributed by atoms with Gasteiger partial charge in [0.2, 0.25) is 5.91 Å². The largest absolute Gasteiger partial charge is 0.394 e. The van der Waals surface area contributed by atoms with Crippen molar-refractivity contribution in [3.05, 3.63) is 0 Å². The van der Waals surface area contributed by atoms with E-state index in [-0.39, 0.29) is 29.3 Å². The van der Waals surface area contributed by atoms with E-state index in [4.69, 9.17) is 0 Å². The lowest BCUT2D eigenvalue weighted by Gasteiger charge is -2.29. The van der Waals surface area contributed by atoms with Gasteiger partial charge >= 0.3 is 0 Å². The van der Waals surface area contributed by atoms with Crippen LogP contribution in [0.15, 0.2) is 0 Å². The molecule has 0 heterocycles. The Morgan fingerprint density at radius 1 is 1.29 bits per heavy atom. The quantitative estimate of drug-likeness (QED) is 0.787. The van der Waals surface area contributed by atoms with Gasteiger partial charge in [-0.05, 0) is 36.5 Å². The highest BCUT2D eigenvalue weighted by atomic mass is 16.3. The Bertz CT molecular complexity index is 330. The number of carbonyl (C=O) groups excluding carboxylic acids is 1. The van der Waals surface area contributed by atoms with Crippen LogP contribution in [-0.4, -0.2) is 23.2 Å². The summed E-state index contributed by atoms with van der Waals surface area (Å²) in [6, 6.07) is 0. The van der Waals surface area contributed by atoms with Gasteiger partial charge in [0.15, 0.2) is 0 Å². The average molecular weight is 239 g/mol. The van der Waals surface area contributed by atoms with Crippen molar-refractivity contribution in [1.29, 1.82) is 0 Å². The van der Waals surface area contributed by atoms with Crippen molar-refractivity contribution in [1.82, 2.24) is 5.32 Å². The highest BCUT2D eigenvalue weighted by Crippen LogP contribution is 2.68. The van der Waals surface area contributed by atoms with Crippen LogP contribution in [0.5, 0.6) is 0 Å². The van der Waals surface area contributed by atoms with Crippen LogP contribution in [0, 0.1) is 22.7 Å². The first-order valence-electron chi connectivity index (χ1n) is 6.60. The fraction of sp³-hybridized carbons (Fsp3) is 0.929. The number of nitrogens with one attached hydrogen (secondary N) is 1. The molecule has 1 amide bonds. The number of carbonyl (C=O) groups is 1. The second-order valence-corrected chi connectivity index (χ2v) is 7.22. The Morgan fingerprint density at radius 2 is 1.76 bits per heavy atom. The summed E-state index contributed by atoms with van der Waals surface area (Å²) in [6.07, 6.45) is 2.24. The molecule has 2 fully saturated rings. The molecular weight excluding hydrogens is 214 g/mol. The highest BCUT2D eigenvalue weighted by Gasteiger charge is 2.68. The standard InChI is InChI=1S/C14H25NO2/c1-12(2)10(13(12,3)4)11(17)15-14(5,8-16)9-6-7-9/h9-10,16H,6-8H2,1-5H3,(H,15,17). The molecule has 0 bridgehead atoms. The van der Waals surface area contributed by atoms with Gasteiger partial charge in [0.05, 0.1) is 12.1 Å². The molecule has 17 heavy (non-hydrogen) atoms. The smallest absolute Gasteiger partial charge is 0.224 e. The van der Waals surface area contributed by atoms with E-state index in [2.05, 4.69) is 33.0 Å². The number of hydrogen-bond donors (Lipinski definition) is 2. The Labute approximate surface area is 104 Å². The molecule has 1 atom stereocenters. The molecule has 3 heteroatoms. The van der Waals surface area contributed by atoms with Crippen LogP contribution >= 0.6 is 0 Å². The maximum absolute atomic E-state index is 12.3. The molecule has 2 N–H and O–H groups in total. The van der Waals surface area contributed by atoms with E-state index in [0.29, 0.717) is 5.92 Å². The second-order valence-electron chi connectivity index (χ2n) is 7.22. The molecule has 0 aromatic heterocycles. The van der Waals surface area contributed by atoms with E-state index in [1.165, 1.54) is 0 Å². The Kier molecular flexibility index (Phi) is 2.63. The van der Waals surface area contributed by atoms with E-state index in [1.807, 2.05) is 6.92 Å². The van der Waals surface area contributed by atoms with Gasteiger partial charge in [-0.1, -0.05) is 27.7 Å². The monoisotopic (exact) mass is 239 g/mol. The van der Waals surface area contributed by atoms with Crippen molar-refractivity contribution in [3.63, 3.8) is 0 Å². The van der Waals surface area contributed by atoms with E-state index in [9.17, 15) is 9.90 Å². The van der Waals surface area contributed by atoms with Crippen LogP contribution in [0.4, 0.5) is 0 Å². The lowest BCUT2D eigenvalue weighted by atomic mass is 9.96. The molecule has 0 radical (unpaired) electrons. The van der Waals surface area contributed by atoms with Crippen molar-refractivity contribution < 1.29 is 9.90 Å². The Hall–Kier alpha value is -0.570. The van der Waals surface area contributed by atoms with E-state index in [1.54, 1.807) is 0 Å². The van der Waals surface area contributed by atoms with Gasteiger partial charge in [0.1, 0.15) is 0 Å². The Balaban J connectivity index is 2.03. The summed E-state index contributed by atoms with van der Waals surface area (Å²) in [4.78, 5) is 12.3.